The van der Waals surface area contributed by atoms with Gasteiger partial charge in [-0.2, -0.15) is 18.3 Å². The van der Waals surface area contributed by atoms with Crippen molar-refractivity contribution in [3.63, 3.8) is 0 Å². The summed E-state index contributed by atoms with van der Waals surface area (Å²) in [5, 5.41) is 7.63. The Kier molecular flexibility index (Phi) is 5.71. The average Bonchev–Trinajstić information content (AvgIpc) is 3.17. The molecule has 3 atom stereocenters. The lowest BCUT2D eigenvalue weighted by Gasteiger charge is -2.41. The SMILES string of the molecule is Cc1ncccc1C(=O)N1CCCC([C@@H]2C[C@H](C(F)(F)F)n3nc(C(C)(C)C)cc3N2)C1. The van der Waals surface area contributed by atoms with Crippen LogP contribution in [-0.4, -0.2) is 50.9 Å². The quantitative estimate of drug-likeness (QED) is 0.721. The van der Waals surface area contributed by atoms with Gasteiger partial charge in [0.15, 0.2) is 6.04 Å². The van der Waals surface area contributed by atoms with E-state index in [4.69, 9.17) is 0 Å². The van der Waals surface area contributed by atoms with Crippen molar-refractivity contribution in [2.24, 2.45) is 5.92 Å². The van der Waals surface area contributed by atoms with Crippen LogP contribution in [0.1, 0.15) is 67.8 Å². The molecule has 1 N–H and O–H groups in total. The topological polar surface area (TPSA) is 63.1 Å². The van der Waals surface area contributed by atoms with Gasteiger partial charge in [-0.25, -0.2) is 4.68 Å². The van der Waals surface area contributed by atoms with Gasteiger partial charge >= 0.3 is 6.18 Å². The Labute approximate surface area is 186 Å². The normalized spacial score (nSPS) is 24.1. The molecule has 1 fully saturated rings. The van der Waals surface area contributed by atoms with Crippen molar-refractivity contribution in [2.45, 2.75) is 70.6 Å². The molecule has 0 radical (unpaired) electrons. The number of alkyl halides is 3. The fraction of sp³-hybridized carbons (Fsp3) is 0.609. The van der Waals surface area contributed by atoms with Gasteiger partial charge in [0.05, 0.1) is 11.3 Å². The number of rotatable bonds is 2. The van der Waals surface area contributed by atoms with Gasteiger partial charge in [0, 0.05) is 42.5 Å². The average molecular weight is 450 g/mol. The summed E-state index contributed by atoms with van der Waals surface area (Å²) >= 11 is 0. The van der Waals surface area contributed by atoms with Crippen LogP contribution in [0, 0.1) is 12.8 Å². The molecule has 2 aromatic rings. The maximum Gasteiger partial charge on any atom is 0.410 e. The van der Waals surface area contributed by atoms with E-state index in [2.05, 4.69) is 15.4 Å². The minimum Gasteiger partial charge on any atom is -0.367 e. The second-order valence-electron chi connectivity index (χ2n) is 9.94. The first-order valence-corrected chi connectivity index (χ1v) is 11.1. The number of pyridine rings is 1. The van der Waals surface area contributed by atoms with Crippen LogP contribution in [0.15, 0.2) is 24.4 Å². The molecule has 0 aliphatic carbocycles. The molecule has 9 heteroatoms. The zero-order chi connectivity index (χ0) is 23.3. The van der Waals surface area contributed by atoms with Crippen LogP contribution in [0.4, 0.5) is 19.0 Å². The highest BCUT2D eigenvalue weighted by molar-refractivity contribution is 5.95. The Morgan fingerprint density at radius 3 is 2.66 bits per heavy atom. The Morgan fingerprint density at radius 1 is 1.25 bits per heavy atom. The molecule has 6 nitrogen and oxygen atoms in total. The third-order valence-corrected chi connectivity index (χ3v) is 6.54. The van der Waals surface area contributed by atoms with E-state index in [1.807, 2.05) is 20.8 Å². The van der Waals surface area contributed by atoms with Gasteiger partial charge in [0.2, 0.25) is 0 Å². The molecule has 174 valence electrons. The summed E-state index contributed by atoms with van der Waals surface area (Å²) in [6.45, 7) is 8.63. The smallest absolute Gasteiger partial charge is 0.367 e. The molecule has 2 aliphatic heterocycles. The molecule has 0 aromatic carbocycles. The number of anilines is 1. The van der Waals surface area contributed by atoms with Crippen molar-refractivity contribution in [2.75, 3.05) is 18.4 Å². The number of nitrogens with one attached hydrogen (secondary N) is 1. The first-order chi connectivity index (χ1) is 14.9. The van der Waals surface area contributed by atoms with Crippen molar-refractivity contribution in [3.05, 3.63) is 41.3 Å². The highest BCUT2D eigenvalue weighted by atomic mass is 19.4. The Bertz CT molecular complexity index is 994. The number of carbonyl (C=O) groups excluding carboxylic acids is 1. The van der Waals surface area contributed by atoms with E-state index in [9.17, 15) is 18.0 Å². The van der Waals surface area contributed by atoms with Crippen molar-refractivity contribution in [1.82, 2.24) is 19.7 Å². The van der Waals surface area contributed by atoms with Gasteiger partial charge in [-0.15, -0.1) is 0 Å². The number of aromatic nitrogens is 3. The summed E-state index contributed by atoms with van der Waals surface area (Å²) in [7, 11) is 0. The molecule has 2 aliphatic rings. The Balaban J connectivity index is 1.57. The molecular weight excluding hydrogens is 419 g/mol. The first kappa shape index (κ1) is 22.6. The van der Waals surface area contributed by atoms with Crippen molar-refractivity contribution in [3.8, 4) is 0 Å². The van der Waals surface area contributed by atoms with Crippen molar-refractivity contribution >= 4 is 11.7 Å². The maximum atomic E-state index is 14.0. The van der Waals surface area contributed by atoms with Gasteiger partial charge in [0.25, 0.3) is 5.91 Å². The van der Waals surface area contributed by atoms with Crippen molar-refractivity contribution < 1.29 is 18.0 Å². The van der Waals surface area contributed by atoms with Crippen molar-refractivity contribution in [1.29, 1.82) is 0 Å². The van der Waals surface area contributed by atoms with E-state index in [-0.39, 0.29) is 29.7 Å². The lowest BCUT2D eigenvalue weighted by molar-refractivity contribution is -0.174. The largest absolute Gasteiger partial charge is 0.410 e. The highest BCUT2D eigenvalue weighted by Gasteiger charge is 2.48. The predicted octanol–water partition coefficient (Wildman–Crippen LogP) is 4.72. The van der Waals surface area contributed by atoms with E-state index < -0.39 is 12.2 Å². The molecule has 0 bridgehead atoms. The van der Waals surface area contributed by atoms with E-state index in [1.54, 1.807) is 36.2 Å². The summed E-state index contributed by atoms with van der Waals surface area (Å²) < 4.78 is 43.0. The van der Waals surface area contributed by atoms with Gasteiger partial charge in [0.1, 0.15) is 5.82 Å². The fourth-order valence-corrected chi connectivity index (χ4v) is 4.68. The van der Waals surface area contributed by atoms with Gasteiger partial charge in [-0.3, -0.25) is 9.78 Å². The summed E-state index contributed by atoms with van der Waals surface area (Å²) in [6.07, 6.45) is -1.31. The van der Waals surface area contributed by atoms with Crippen LogP contribution in [0.3, 0.4) is 0 Å². The molecule has 32 heavy (non-hydrogen) atoms. The molecule has 1 saturated heterocycles. The van der Waals surface area contributed by atoms with E-state index in [0.717, 1.165) is 17.5 Å². The molecule has 4 heterocycles. The molecule has 1 unspecified atom stereocenters. The number of fused-ring (bicyclic) bond motifs is 1. The van der Waals surface area contributed by atoms with Crippen LogP contribution in [0.2, 0.25) is 0 Å². The molecule has 0 spiro atoms. The number of aryl methyl sites for hydroxylation is 1. The number of hydrogen-bond acceptors (Lipinski definition) is 4. The zero-order valence-electron chi connectivity index (χ0n) is 18.9. The summed E-state index contributed by atoms with van der Waals surface area (Å²) in [5.41, 5.74) is 1.48. The van der Waals surface area contributed by atoms with Gasteiger partial charge in [-0.1, -0.05) is 20.8 Å². The molecule has 1 amide bonds. The number of carbonyl (C=O) groups is 1. The summed E-state index contributed by atoms with van der Waals surface area (Å²) in [4.78, 5) is 19.0. The Morgan fingerprint density at radius 2 is 2.00 bits per heavy atom. The van der Waals surface area contributed by atoms with Crippen LogP contribution >= 0.6 is 0 Å². The lowest BCUT2D eigenvalue weighted by Crippen LogP contribution is -2.49. The standard InChI is InChI=1S/C23H30F3N5O/c1-14-16(8-5-9-27-14)21(32)30-10-6-7-15(13-30)17-11-19(23(24,25)26)31-20(28-17)12-18(29-31)22(2,3)4/h5,8-9,12,15,17,19,28H,6-7,10-11,13H2,1-4H3/t15?,17-,19+/m0/s1. The number of piperidine rings is 1. The van der Waals surface area contributed by atoms with E-state index >= 15 is 0 Å². The van der Waals surface area contributed by atoms with E-state index in [1.165, 1.54) is 0 Å². The number of halogens is 3. The van der Waals surface area contributed by atoms with Crippen LogP contribution < -0.4 is 5.32 Å². The maximum absolute atomic E-state index is 14.0. The second-order valence-corrected chi connectivity index (χ2v) is 9.94. The number of amides is 1. The van der Waals surface area contributed by atoms with Gasteiger partial charge < -0.3 is 10.2 Å². The third kappa shape index (κ3) is 4.34. The number of likely N-dealkylation sites (tertiary alicyclic amines) is 1. The third-order valence-electron chi connectivity index (χ3n) is 6.54. The highest BCUT2D eigenvalue weighted by Crippen LogP contribution is 2.43. The second kappa shape index (κ2) is 8.08. The molecule has 2 aromatic heterocycles. The first-order valence-electron chi connectivity index (χ1n) is 11.1. The Hall–Kier alpha value is -2.58. The minimum atomic E-state index is -4.40. The fourth-order valence-electron chi connectivity index (χ4n) is 4.68. The molecule has 0 saturated carbocycles. The minimum absolute atomic E-state index is 0.0729. The zero-order valence-corrected chi connectivity index (χ0v) is 18.9. The summed E-state index contributed by atoms with van der Waals surface area (Å²) in [5.74, 6) is 0.222. The van der Waals surface area contributed by atoms with E-state index in [0.29, 0.717) is 35.9 Å². The molecule has 4 rings (SSSR count). The van der Waals surface area contributed by atoms with Crippen LogP contribution in [-0.2, 0) is 5.41 Å². The lowest BCUT2D eigenvalue weighted by atomic mass is 9.85. The van der Waals surface area contributed by atoms with Gasteiger partial charge in [-0.05, 0) is 44.2 Å². The van der Waals surface area contributed by atoms with Crippen LogP contribution in [0.25, 0.3) is 0 Å². The number of hydrogen-bond donors (Lipinski definition) is 1. The predicted molar refractivity (Wildman–Crippen MR) is 116 cm³/mol. The summed E-state index contributed by atoms with van der Waals surface area (Å²) in [6, 6.07) is 3.15. The monoisotopic (exact) mass is 449 g/mol. The molecular formula is C23H30F3N5O. The number of nitrogens with zero attached hydrogens (tertiary/aromatic N) is 4. The van der Waals surface area contributed by atoms with Crippen LogP contribution in [0.5, 0.6) is 0 Å².